The van der Waals surface area contributed by atoms with E-state index in [1.807, 2.05) is 51.3 Å². The first kappa shape index (κ1) is 15.1. The van der Waals surface area contributed by atoms with Gasteiger partial charge in [0.25, 0.3) is 0 Å². The van der Waals surface area contributed by atoms with Gasteiger partial charge < -0.3 is 10.5 Å². The highest BCUT2D eigenvalue weighted by molar-refractivity contribution is 7.98. The zero-order valence-corrected chi connectivity index (χ0v) is 12.4. The summed E-state index contributed by atoms with van der Waals surface area (Å²) in [5.74, 6) is -0.409. The third-order valence-corrected chi connectivity index (χ3v) is 3.22. The Balaban J connectivity index is 3.01. The van der Waals surface area contributed by atoms with Crippen molar-refractivity contribution in [3.8, 4) is 0 Å². The maximum atomic E-state index is 12.1. The van der Waals surface area contributed by atoms with Gasteiger partial charge in [0.05, 0.1) is 0 Å². The molecular weight excluding hydrogens is 246 g/mol. The monoisotopic (exact) mass is 267 g/mol. The third-order valence-electron chi connectivity index (χ3n) is 2.49. The van der Waals surface area contributed by atoms with Crippen molar-refractivity contribution in [3.05, 3.63) is 29.8 Å². The van der Waals surface area contributed by atoms with Gasteiger partial charge in [-0.15, -0.1) is 11.8 Å². The van der Waals surface area contributed by atoms with Crippen LogP contribution in [0, 0.1) is 0 Å². The molecule has 0 spiro atoms. The molecule has 0 aliphatic rings. The zero-order chi connectivity index (χ0) is 14.0. The molecule has 100 valence electrons. The minimum atomic E-state index is -1.13. The Kier molecular flexibility index (Phi) is 4.46. The Morgan fingerprint density at radius 3 is 2.39 bits per heavy atom. The van der Waals surface area contributed by atoms with Crippen LogP contribution in [-0.4, -0.2) is 17.8 Å². The maximum absolute atomic E-state index is 12.1. The minimum absolute atomic E-state index is 0.409. The summed E-state index contributed by atoms with van der Waals surface area (Å²) in [7, 11) is 0. The van der Waals surface area contributed by atoms with Gasteiger partial charge in [0.1, 0.15) is 11.1 Å². The van der Waals surface area contributed by atoms with Crippen molar-refractivity contribution in [2.75, 3.05) is 6.26 Å². The molecule has 0 saturated heterocycles. The second kappa shape index (κ2) is 5.33. The Bertz CT molecular complexity index is 436. The molecule has 0 bridgehead atoms. The molecule has 0 amide bonds. The standard InChI is InChI=1S/C14H21NO2S/c1-13(2,3)17-12(16)14(4,15)10-7-6-8-11(9-10)18-5/h6-9H,15H2,1-5H3. The molecule has 1 atom stereocenters. The highest BCUT2D eigenvalue weighted by Gasteiger charge is 2.35. The molecule has 3 nitrogen and oxygen atoms in total. The minimum Gasteiger partial charge on any atom is -0.458 e. The van der Waals surface area contributed by atoms with Gasteiger partial charge in [0.2, 0.25) is 0 Å². The number of rotatable bonds is 3. The normalized spacial score (nSPS) is 15.0. The van der Waals surface area contributed by atoms with Crippen molar-refractivity contribution in [2.45, 2.75) is 43.7 Å². The second-order valence-corrected chi connectivity index (χ2v) is 6.32. The molecule has 0 aliphatic carbocycles. The summed E-state index contributed by atoms with van der Waals surface area (Å²) in [6.07, 6.45) is 1.99. The van der Waals surface area contributed by atoms with E-state index in [2.05, 4.69) is 0 Å². The summed E-state index contributed by atoms with van der Waals surface area (Å²) < 4.78 is 5.36. The van der Waals surface area contributed by atoms with Crippen LogP contribution in [0.4, 0.5) is 0 Å². The first-order valence-electron chi connectivity index (χ1n) is 5.83. The van der Waals surface area contributed by atoms with E-state index in [0.717, 1.165) is 10.5 Å². The molecule has 0 aromatic heterocycles. The van der Waals surface area contributed by atoms with Gasteiger partial charge in [-0.25, -0.2) is 4.79 Å². The number of thioether (sulfide) groups is 1. The molecule has 0 saturated carbocycles. The molecule has 18 heavy (non-hydrogen) atoms. The third kappa shape index (κ3) is 3.75. The van der Waals surface area contributed by atoms with Crippen LogP contribution in [0.2, 0.25) is 0 Å². The maximum Gasteiger partial charge on any atom is 0.331 e. The number of nitrogens with two attached hydrogens (primary N) is 1. The lowest BCUT2D eigenvalue weighted by molar-refractivity contribution is -0.161. The first-order chi connectivity index (χ1) is 8.16. The van der Waals surface area contributed by atoms with Gasteiger partial charge in [0, 0.05) is 4.90 Å². The molecule has 4 heteroatoms. The summed E-state index contributed by atoms with van der Waals surface area (Å²) in [6.45, 7) is 7.18. The lowest BCUT2D eigenvalue weighted by Gasteiger charge is -2.28. The van der Waals surface area contributed by atoms with Crippen LogP contribution in [0.5, 0.6) is 0 Å². The molecular formula is C14H21NO2S. The average molecular weight is 267 g/mol. The van der Waals surface area contributed by atoms with E-state index in [1.54, 1.807) is 18.7 Å². The molecule has 0 heterocycles. The SMILES string of the molecule is CSc1cccc(C(C)(N)C(=O)OC(C)(C)C)c1. The predicted molar refractivity (Wildman–Crippen MR) is 75.6 cm³/mol. The van der Waals surface area contributed by atoms with Crippen molar-refractivity contribution in [1.82, 2.24) is 0 Å². The van der Waals surface area contributed by atoms with Gasteiger partial charge in [-0.05, 0) is 51.6 Å². The fourth-order valence-corrected chi connectivity index (χ4v) is 1.91. The molecule has 0 fully saturated rings. The van der Waals surface area contributed by atoms with Crippen molar-refractivity contribution in [3.63, 3.8) is 0 Å². The average Bonchev–Trinajstić information content (AvgIpc) is 2.27. The van der Waals surface area contributed by atoms with Crippen molar-refractivity contribution in [1.29, 1.82) is 0 Å². The second-order valence-electron chi connectivity index (χ2n) is 5.44. The van der Waals surface area contributed by atoms with Crippen LogP contribution in [0.3, 0.4) is 0 Å². The highest BCUT2D eigenvalue weighted by Crippen LogP contribution is 2.25. The van der Waals surface area contributed by atoms with Gasteiger partial charge in [0.15, 0.2) is 0 Å². The lowest BCUT2D eigenvalue weighted by Crippen LogP contribution is -2.45. The van der Waals surface area contributed by atoms with E-state index < -0.39 is 17.1 Å². The summed E-state index contributed by atoms with van der Waals surface area (Å²) in [4.78, 5) is 13.2. The highest BCUT2D eigenvalue weighted by atomic mass is 32.2. The molecule has 1 unspecified atom stereocenters. The van der Waals surface area contributed by atoms with E-state index in [9.17, 15) is 4.79 Å². The van der Waals surface area contributed by atoms with Crippen molar-refractivity contribution >= 4 is 17.7 Å². The number of hydrogen-bond acceptors (Lipinski definition) is 4. The zero-order valence-electron chi connectivity index (χ0n) is 11.6. The number of hydrogen-bond donors (Lipinski definition) is 1. The van der Waals surface area contributed by atoms with Crippen LogP contribution >= 0.6 is 11.8 Å². The summed E-state index contributed by atoms with van der Waals surface area (Å²) in [5.41, 5.74) is 5.24. The molecule has 2 N–H and O–H groups in total. The topological polar surface area (TPSA) is 52.3 Å². The van der Waals surface area contributed by atoms with Crippen molar-refractivity contribution in [2.24, 2.45) is 5.73 Å². The Labute approximate surface area is 113 Å². The quantitative estimate of drug-likeness (QED) is 0.676. The van der Waals surface area contributed by atoms with Crippen LogP contribution < -0.4 is 5.73 Å². The van der Waals surface area contributed by atoms with Crippen LogP contribution in [0.25, 0.3) is 0 Å². The van der Waals surface area contributed by atoms with E-state index in [0.29, 0.717) is 0 Å². The molecule has 1 aromatic carbocycles. The number of carbonyl (C=O) groups is 1. The van der Waals surface area contributed by atoms with E-state index in [-0.39, 0.29) is 0 Å². The summed E-state index contributed by atoms with van der Waals surface area (Å²) >= 11 is 1.62. The Morgan fingerprint density at radius 2 is 1.89 bits per heavy atom. The molecule has 1 aromatic rings. The van der Waals surface area contributed by atoms with E-state index in [4.69, 9.17) is 10.5 Å². The molecule has 0 aliphatic heterocycles. The fraction of sp³-hybridized carbons (Fsp3) is 0.500. The van der Waals surface area contributed by atoms with Gasteiger partial charge in [-0.3, -0.25) is 0 Å². The van der Waals surface area contributed by atoms with Crippen LogP contribution in [0.15, 0.2) is 29.2 Å². The Hall–Kier alpha value is -1.00. The van der Waals surface area contributed by atoms with Gasteiger partial charge >= 0.3 is 5.97 Å². The fourth-order valence-electron chi connectivity index (χ4n) is 1.45. The van der Waals surface area contributed by atoms with Gasteiger partial charge in [-0.1, -0.05) is 12.1 Å². The smallest absolute Gasteiger partial charge is 0.331 e. The summed E-state index contributed by atoms with van der Waals surface area (Å²) in [5, 5.41) is 0. The lowest BCUT2D eigenvalue weighted by atomic mass is 9.93. The first-order valence-corrected chi connectivity index (χ1v) is 7.06. The number of carbonyl (C=O) groups excluding carboxylic acids is 1. The van der Waals surface area contributed by atoms with E-state index in [1.165, 1.54) is 0 Å². The van der Waals surface area contributed by atoms with Gasteiger partial charge in [-0.2, -0.15) is 0 Å². The Morgan fingerprint density at radius 1 is 1.28 bits per heavy atom. The van der Waals surface area contributed by atoms with Crippen LogP contribution in [0.1, 0.15) is 33.3 Å². The van der Waals surface area contributed by atoms with Crippen molar-refractivity contribution < 1.29 is 9.53 Å². The molecule has 0 radical (unpaired) electrons. The molecule has 1 rings (SSSR count). The predicted octanol–water partition coefficient (Wildman–Crippen LogP) is 2.92. The number of ether oxygens (including phenoxy) is 1. The number of benzene rings is 1. The largest absolute Gasteiger partial charge is 0.458 e. The number of esters is 1. The van der Waals surface area contributed by atoms with E-state index >= 15 is 0 Å². The van der Waals surface area contributed by atoms with Crippen LogP contribution in [-0.2, 0) is 15.1 Å². The summed E-state index contributed by atoms with van der Waals surface area (Å²) in [6, 6.07) is 7.66.